The van der Waals surface area contributed by atoms with Gasteiger partial charge in [0.15, 0.2) is 6.04 Å². The Bertz CT molecular complexity index is 421. The lowest BCUT2D eigenvalue weighted by atomic mass is 10.1. The van der Waals surface area contributed by atoms with Crippen LogP contribution in [-0.2, 0) is 9.53 Å². The summed E-state index contributed by atoms with van der Waals surface area (Å²) in [7, 11) is 1.43. The second-order valence-corrected chi connectivity index (χ2v) is 5.12. The Morgan fingerprint density at radius 2 is 2.29 bits per heavy atom. The lowest BCUT2D eigenvalue weighted by molar-refractivity contribution is -0.145. The van der Waals surface area contributed by atoms with Crippen molar-refractivity contribution in [3.05, 3.63) is 11.9 Å². The molecule has 0 spiro atoms. The van der Waals surface area contributed by atoms with Crippen molar-refractivity contribution >= 4 is 5.97 Å². The summed E-state index contributed by atoms with van der Waals surface area (Å²) in [6.45, 7) is 0. The number of nitrogens with zero attached hydrogens (tertiary/aromatic N) is 3. The number of hydrogen-bond acceptors (Lipinski definition) is 4. The first-order valence-electron chi connectivity index (χ1n) is 6.27. The molecule has 2 saturated carbocycles. The van der Waals surface area contributed by atoms with Crippen LogP contribution >= 0.6 is 0 Å². The zero-order valence-corrected chi connectivity index (χ0v) is 10.0. The van der Waals surface area contributed by atoms with Gasteiger partial charge in [-0.05, 0) is 25.2 Å². The molecule has 5 nitrogen and oxygen atoms in total. The van der Waals surface area contributed by atoms with Crippen LogP contribution in [0, 0.1) is 5.92 Å². The number of rotatable bonds is 5. The molecule has 1 aromatic heterocycles. The first-order valence-corrected chi connectivity index (χ1v) is 6.27. The predicted molar refractivity (Wildman–Crippen MR) is 60.4 cm³/mol. The summed E-state index contributed by atoms with van der Waals surface area (Å²) in [5.41, 5.74) is 1.02. The SMILES string of the molecule is COC(=O)[C@H](CC1CC1)n1cc(C2CC2)nn1. The molecule has 92 valence electrons. The highest BCUT2D eigenvalue weighted by Crippen LogP contribution is 2.40. The van der Waals surface area contributed by atoms with Crippen LogP contribution < -0.4 is 0 Å². The first kappa shape index (κ1) is 10.7. The van der Waals surface area contributed by atoms with E-state index < -0.39 is 0 Å². The number of esters is 1. The second kappa shape index (κ2) is 4.13. The second-order valence-electron chi connectivity index (χ2n) is 5.12. The minimum atomic E-state index is -0.285. The van der Waals surface area contributed by atoms with Gasteiger partial charge in [-0.3, -0.25) is 0 Å². The van der Waals surface area contributed by atoms with Crippen molar-refractivity contribution in [1.82, 2.24) is 15.0 Å². The summed E-state index contributed by atoms with van der Waals surface area (Å²) in [6, 6.07) is -0.285. The van der Waals surface area contributed by atoms with E-state index in [-0.39, 0.29) is 12.0 Å². The highest BCUT2D eigenvalue weighted by molar-refractivity contribution is 5.73. The number of aromatic nitrogens is 3. The molecule has 0 radical (unpaired) electrons. The fourth-order valence-electron chi connectivity index (χ4n) is 2.13. The quantitative estimate of drug-likeness (QED) is 0.728. The predicted octanol–water partition coefficient (Wildman–Crippen LogP) is 1.67. The summed E-state index contributed by atoms with van der Waals surface area (Å²) < 4.78 is 6.55. The Hall–Kier alpha value is -1.39. The van der Waals surface area contributed by atoms with Gasteiger partial charge in [0.2, 0.25) is 0 Å². The molecule has 17 heavy (non-hydrogen) atoms. The summed E-state index contributed by atoms with van der Waals surface area (Å²) in [6.07, 6.45) is 7.59. The molecule has 0 aliphatic heterocycles. The third kappa shape index (κ3) is 2.33. The molecule has 1 heterocycles. The van der Waals surface area contributed by atoms with Crippen LogP contribution in [-0.4, -0.2) is 28.1 Å². The molecule has 1 atom stereocenters. The number of hydrogen-bond donors (Lipinski definition) is 0. The minimum Gasteiger partial charge on any atom is -0.467 e. The molecule has 0 saturated heterocycles. The maximum absolute atomic E-state index is 11.8. The summed E-state index contributed by atoms with van der Waals surface area (Å²) in [4.78, 5) is 11.8. The molecular weight excluding hydrogens is 218 g/mol. The van der Waals surface area contributed by atoms with E-state index >= 15 is 0 Å². The highest BCUT2D eigenvalue weighted by Gasteiger charge is 2.33. The zero-order valence-electron chi connectivity index (χ0n) is 10.0. The summed E-state index contributed by atoms with van der Waals surface area (Å²) in [5.74, 6) is 1.03. The van der Waals surface area contributed by atoms with Gasteiger partial charge in [-0.25, -0.2) is 9.48 Å². The Morgan fingerprint density at radius 1 is 1.53 bits per heavy atom. The molecule has 1 aromatic rings. The Morgan fingerprint density at radius 3 is 2.88 bits per heavy atom. The van der Waals surface area contributed by atoms with Gasteiger partial charge in [-0.2, -0.15) is 0 Å². The van der Waals surface area contributed by atoms with Gasteiger partial charge in [0, 0.05) is 12.1 Å². The first-order chi connectivity index (χ1) is 8.28. The largest absolute Gasteiger partial charge is 0.467 e. The van der Waals surface area contributed by atoms with E-state index in [1.165, 1.54) is 32.8 Å². The van der Waals surface area contributed by atoms with Crippen molar-refractivity contribution in [3.63, 3.8) is 0 Å². The van der Waals surface area contributed by atoms with E-state index in [1.807, 2.05) is 6.20 Å². The normalized spacial score (nSPS) is 21.2. The van der Waals surface area contributed by atoms with E-state index in [0.29, 0.717) is 11.8 Å². The Labute approximate surface area is 100 Å². The van der Waals surface area contributed by atoms with Crippen molar-refractivity contribution in [2.45, 2.75) is 44.1 Å². The molecule has 0 bridgehead atoms. The van der Waals surface area contributed by atoms with Gasteiger partial charge < -0.3 is 4.74 Å². The highest BCUT2D eigenvalue weighted by atomic mass is 16.5. The number of methoxy groups -OCH3 is 1. The van der Waals surface area contributed by atoms with Crippen LogP contribution in [0.4, 0.5) is 0 Å². The molecule has 0 aromatic carbocycles. The van der Waals surface area contributed by atoms with Crippen molar-refractivity contribution in [3.8, 4) is 0 Å². The number of carbonyl (C=O) groups is 1. The van der Waals surface area contributed by atoms with Crippen molar-refractivity contribution < 1.29 is 9.53 Å². The lowest BCUT2D eigenvalue weighted by Gasteiger charge is -2.13. The molecule has 0 amide bonds. The number of carbonyl (C=O) groups excluding carboxylic acids is 1. The maximum atomic E-state index is 11.8. The van der Waals surface area contributed by atoms with Gasteiger partial charge in [0.25, 0.3) is 0 Å². The molecule has 2 aliphatic rings. The Balaban J connectivity index is 1.76. The molecule has 2 fully saturated rings. The van der Waals surface area contributed by atoms with E-state index in [0.717, 1.165) is 12.1 Å². The van der Waals surface area contributed by atoms with Crippen LogP contribution in [0.15, 0.2) is 6.20 Å². The average Bonchev–Trinajstić information content (AvgIpc) is 3.26. The summed E-state index contributed by atoms with van der Waals surface area (Å²) in [5, 5.41) is 8.24. The molecule has 5 heteroatoms. The molecular formula is C12H17N3O2. The zero-order chi connectivity index (χ0) is 11.8. The standard InChI is InChI=1S/C12H17N3O2/c1-17-12(16)11(6-8-2-3-8)15-7-10(13-14-15)9-4-5-9/h7-9,11H,2-6H2,1H3/t11-/m0/s1. The van der Waals surface area contributed by atoms with Gasteiger partial charge in [-0.15, -0.1) is 5.10 Å². The van der Waals surface area contributed by atoms with Gasteiger partial charge in [-0.1, -0.05) is 18.1 Å². The van der Waals surface area contributed by atoms with Crippen molar-refractivity contribution in [2.24, 2.45) is 5.92 Å². The van der Waals surface area contributed by atoms with Crippen LogP contribution in [0.1, 0.15) is 49.8 Å². The van der Waals surface area contributed by atoms with Crippen LogP contribution in [0.25, 0.3) is 0 Å². The molecule has 0 N–H and O–H groups in total. The third-order valence-electron chi connectivity index (χ3n) is 3.57. The van der Waals surface area contributed by atoms with Gasteiger partial charge >= 0.3 is 5.97 Å². The topological polar surface area (TPSA) is 57.0 Å². The fourth-order valence-corrected chi connectivity index (χ4v) is 2.13. The smallest absolute Gasteiger partial charge is 0.330 e. The van der Waals surface area contributed by atoms with E-state index in [2.05, 4.69) is 10.3 Å². The van der Waals surface area contributed by atoms with Crippen LogP contribution in [0.2, 0.25) is 0 Å². The molecule has 0 unspecified atom stereocenters. The Kier molecular flexibility index (Phi) is 2.61. The van der Waals surface area contributed by atoms with Crippen LogP contribution in [0.3, 0.4) is 0 Å². The van der Waals surface area contributed by atoms with Crippen molar-refractivity contribution in [1.29, 1.82) is 0 Å². The lowest BCUT2D eigenvalue weighted by Crippen LogP contribution is -2.22. The number of ether oxygens (including phenoxy) is 1. The average molecular weight is 235 g/mol. The summed E-state index contributed by atoms with van der Waals surface area (Å²) >= 11 is 0. The van der Waals surface area contributed by atoms with Gasteiger partial charge in [0.1, 0.15) is 0 Å². The van der Waals surface area contributed by atoms with E-state index in [4.69, 9.17) is 4.74 Å². The monoisotopic (exact) mass is 235 g/mol. The van der Waals surface area contributed by atoms with Gasteiger partial charge in [0.05, 0.1) is 12.8 Å². The third-order valence-corrected chi connectivity index (χ3v) is 3.57. The fraction of sp³-hybridized carbons (Fsp3) is 0.750. The van der Waals surface area contributed by atoms with Crippen LogP contribution in [0.5, 0.6) is 0 Å². The van der Waals surface area contributed by atoms with E-state index in [1.54, 1.807) is 4.68 Å². The molecule has 3 rings (SSSR count). The molecule has 2 aliphatic carbocycles. The maximum Gasteiger partial charge on any atom is 0.330 e. The minimum absolute atomic E-state index is 0.204. The van der Waals surface area contributed by atoms with Crippen molar-refractivity contribution in [2.75, 3.05) is 7.11 Å². The van der Waals surface area contributed by atoms with E-state index in [9.17, 15) is 4.79 Å².